The van der Waals surface area contributed by atoms with Crippen LogP contribution in [0.15, 0.2) is 46.9 Å². The van der Waals surface area contributed by atoms with Gasteiger partial charge in [-0.15, -0.1) is 0 Å². The van der Waals surface area contributed by atoms with Crippen LogP contribution in [0.4, 0.5) is 4.79 Å². The molecule has 0 fully saturated rings. The van der Waals surface area contributed by atoms with E-state index in [-0.39, 0.29) is 6.03 Å². The third-order valence-corrected chi connectivity index (χ3v) is 4.53. The molecule has 0 bridgehead atoms. The van der Waals surface area contributed by atoms with Gasteiger partial charge in [-0.2, -0.15) is 0 Å². The van der Waals surface area contributed by atoms with Crippen LogP contribution in [0.5, 0.6) is 0 Å². The molecule has 0 aliphatic heterocycles. The standard InChI is InChI=1S/C21H23ClN2O2/c1-3-4-11-23-21(25)24-13-19-20(15-6-8-16(22)9-7-15)17-12-14(2)5-10-18(17)26-19/h5-10,12H,3-4,11,13H2,1-2H3,(H2,23,24,25). The third-order valence-electron chi connectivity index (χ3n) is 4.27. The summed E-state index contributed by atoms with van der Waals surface area (Å²) in [6.07, 6.45) is 2.01. The Labute approximate surface area is 158 Å². The van der Waals surface area contributed by atoms with Gasteiger partial charge in [-0.1, -0.05) is 48.7 Å². The van der Waals surface area contributed by atoms with E-state index < -0.39 is 0 Å². The Morgan fingerprint density at radius 3 is 2.62 bits per heavy atom. The Kier molecular flexibility index (Phi) is 5.84. The highest BCUT2D eigenvalue weighted by molar-refractivity contribution is 6.30. The SMILES string of the molecule is CCCCNC(=O)NCc1oc2ccc(C)cc2c1-c1ccc(Cl)cc1. The van der Waals surface area contributed by atoms with Crippen molar-refractivity contribution in [2.45, 2.75) is 33.2 Å². The summed E-state index contributed by atoms with van der Waals surface area (Å²) in [6.45, 7) is 5.14. The molecule has 4 nitrogen and oxygen atoms in total. The van der Waals surface area contributed by atoms with Crippen molar-refractivity contribution in [1.29, 1.82) is 0 Å². The molecule has 1 heterocycles. The van der Waals surface area contributed by atoms with Crippen molar-refractivity contribution in [3.8, 4) is 11.1 Å². The molecule has 0 aliphatic rings. The topological polar surface area (TPSA) is 54.3 Å². The van der Waals surface area contributed by atoms with Gasteiger partial charge in [-0.05, 0) is 43.2 Å². The number of hydrogen-bond donors (Lipinski definition) is 2. The molecule has 136 valence electrons. The van der Waals surface area contributed by atoms with Crippen LogP contribution in [0.1, 0.15) is 31.1 Å². The number of aryl methyl sites for hydroxylation is 1. The molecule has 2 N–H and O–H groups in total. The van der Waals surface area contributed by atoms with Crippen molar-refractivity contribution in [3.05, 3.63) is 58.8 Å². The van der Waals surface area contributed by atoms with E-state index in [2.05, 4.69) is 30.5 Å². The van der Waals surface area contributed by atoms with Crippen molar-refractivity contribution >= 4 is 28.6 Å². The summed E-state index contributed by atoms with van der Waals surface area (Å²) >= 11 is 6.03. The molecule has 0 aliphatic carbocycles. The van der Waals surface area contributed by atoms with Crippen molar-refractivity contribution < 1.29 is 9.21 Å². The molecular weight excluding hydrogens is 348 g/mol. The lowest BCUT2D eigenvalue weighted by atomic mass is 10.0. The maximum absolute atomic E-state index is 12.0. The zero-order chi connectivity index (χ0) is 18.5. The number of amides is 2. The molecule has 0 spiro atoms. The Balaban J connectivity index is 1.90. The van der Waals surface area contributed by atoms with Crippen LogP contribution < -0.4 is 10.6 Å². The lowest BCUT2D eigenvalue weighted by Crippen LogP contribution is -2.35. The summed E-state index contributed by atoms with van der Waals surface area (Å²) < 4.78 is 6.04. The maximum atomic E-state index is 12.0. The van der Waals surface area contributed by atoms with Gasteiger partial charge in [0.2, 0.25) is 0 Å². The van der Waals surface area contributed by atoms with E-state index in [4.69, 9.17) is 16.0 Å². The predicted molar refractivity (Wildman–Crippen MR) is 107 cm³/mol. The number of carbonyl (C=O) groups excluding carboxylic acids is 1. The second-order valence-corrected chi connectivity index (χ2v) is 6.81. The first kappa shape index (κ1) is 18.3. The third kappa shape index (κ3) is 4.20. The van der Waals surface area contributed by atoms with Crippen molar-refractivity contribution in [1.82, 2.24) is 10.6 Å². The molecule has 2 aromatic carbocycles. The number of furan rings is 1. The monoisotopic (exact) mass is 370 g/mol. The first-order valence-electron chi connectivity index (χ1n) is 8.88. The molecule has 26 heavy (non-hydrogen) atoms. The zero-order valence-electron chi connectivity index (χ0n) is 15.1. The van der Waals surface area contributed by atoms with Crippen molar-refractivity contribution in [2.75, 3.05) is 6.54 Å². The molecule has 1 aromatic heterocycles. The Morgan fingerprint density at radius 2 is 1.88 bits per heavy atom. The van der Waals surface area contributed by atoms with Crippen LogP contribution >= 0.6 is 11.6 Å². The van der Waals surface area contributed by atoms with Crippen LogP contribution in [0.2, 0.25) is 5.02 Å². The zero-order valence-corrected chi connectivity index (χ0v) is 15.8. The lowest BCUT2D eigenvalue weighted by molar-refractivity contribution is 0.239. The fraction of sp³-hybridized carbons (Fsp3) is 0.286. The van der Waals surface area contributed by atoms with E-state index in [9.17, 15) is 4.79 Å². The molecule has 5 heteroatoms. The van der Waals surface area contributed by atoms with Crippen LogP contribution in [0, 0.1) is 6.92 Å². The highest BCUT2D eigenvalue weighted by atomic mass is 35.5. The minimum Gasteiger partial charge on any atom is -0.459 e. The quantitative estimate of drug-likeness (QED) is 0.550. The Bertz CT molecular complexity index is 900. The number of carbonyl (C=O) groups is 1. The molecule has 0 unspecified atom stereocenters. The van der Waals surface area contributed by atoms with Gasteiger partial charge in [0, 0.05) is 22.5 Å². The summed E-state index contributed by atoms with van der Waals surface area (Å²) in [4.78, 5) is 12.0. The molecule has 0 saturated heterocycles. The highest BCUT2D eigenvalue weighted by Gasteiger charge is 2.17. The highest BCUT2D eigenvalue weighted by Crippen LogP contribution is 2.36. The van der Waals surface area contributed by atoms with E-state index in [0.717, 1.165) is 46.3 Å². The molecule has 0 radical (unpaired) electrons. The van der Waals surface area contributed by atoms with Gasteiger partial charge in [0.25, 0.3) is 0 Å². The average molecular weight is 371 g/mol. The number of unbranched alkanes of at least 4 members (excludes halogenated alkanes) is 1. The van der Waals surface area contributed by atoms with Crippen molar-refractivity contribution in [3.63, 3.8) is 0 Å². The van der Waals surface area contributed by atoms with Crippen LogP contribution in [0.25, 0.3) is 22.1 Å². The maximum Gasteiger partial charge on any atom is 0.315 e. The number of fused-ring (bicyclic) bond motifs is 1. The average Bonchev–Trinajstić information content (AvgIpc) is 2.98. The van der Waals surface area contributed by atoms with Gasteiger partial charge in [-0.3, -0.25) is 0 Å². The summed E-state index contributed by atoms with van der Waals surface area (Å²) in [5.74, 6) is 0.735. The van der Waals surface area contributed by atoms with Crippen molar-refractivity contribution in [2.24, 2.45) is 0 Å². The van der Waals surface area contributed by atoms with Gasteiger partial charge in [0.15, 0.2) is 0 Å². The van der Waals surface area contributed by atoms with E-state index in [1.807, 2.05) is 36.4 Å². The van der Waals surface area contributed by atoms with Gasteiger partial charge in [0.05, 0.1) is 6.54 Å². The molecule has 3 aromatic rings. The smallest absolute Gasteiger partial charge is 0.315 e. The second-order valence-electron chi connectivity index (χ2n) is 6.37. The van der Waals surface area contributed by atoms with Crippen LogP contribution in [-0.2, 0) is 6.54 Å². The van der Waals surface area contributed by atoms with Gasteiger partial charge in [-0.25, -0.2) is 4.79 Å². The summed E-state index contributed by atoms with van der Waals surface area (Å²) in [5, 5.41) is 7.46. The summed E-state index contributed by atoms with van der Waals surface area (Å²) in [5.41, 5.74) is 3.98. The van der Waals surface area contributed by atoms with E-state index in [1.165, 1.54) is 0 Å². The number of rotatable bonds is 6. The number of halogens is 1. The Morgan fingerprint density at radius 1 is 1.12 bits per heavy atom. The molecule has 0 atom stereocenters. The fourth-order valence-electron chi connectivity index (χ4n) is 2.92. The number of benzene rings is 2. The lowest BCUT2D eigenvalue weighted by Gasteiger charge is -2.08. The number of hydrogen-bond acceptors (Lipinski definition) is 2. The van der Waals surface area contributed by atoms with Gasteiger partial charge in [0.1, 0.15) is 11.3 Å². The largest absolute Gasteiger partial charge is 0.459 e. The molecule has 3 rings (SSSR count). The minimum absolute atomic E-state index is 0.183. The molecule has 0 saturated carbocycles. The van der Waals surface area contributed by atoms with E-state index in [0.29, 0.717) is 18.1 Å². The number of urea groups is 1. The van der Waals surface area contributed by atoms with Gasteiger partial charge < -0.3 is 15.1 Å². The second kappa shape index (κ2) is 8.28. The molecular formula is C21H23ClN2O2. The summed E-state index contributed by atoms with van der Waals surface area (Å²) in [7, 11) is 0. The normalized spacial score (nSPS) is 10.9. The molecule has 2 amide bonds. The van der Waals surface area contributed by atoms with Gasteiger partial charge >= 0.3 is 6.03 Å². The first-order valence-corrected chi connectivity index (χ1v) is 9.26. The fourth-order valence-corrected chi connectivity index (χ4v) is 3.05. The van der Waals surface area contributed by atoms with Crippen LogP contribution in [0.3, 0.4) is 0 Å². The van der Waals surface area contributed by atoms with E-state index >= 15 is 0 Å². The predicted octanol–water partition coefficient (Wildman–Crippen LogP) is 5.66. The summed E-state index contributed by atoms with van der Waals surface area (Å²) in [6, 6.07) is 13.6. The Hall–Kier alpha value is -2.46. The number of nitrogens with one attached hydrogen (secondary N) is 2. The van der Waals surface area contributed by atoms with Crippen LogP contribution in [-0.4, -0.2) is 12.6 Å². The first-order chi connectivity index (χ1) is 12.6. The van der Waals surface area contributed by atoms with E-state index in [1.54, 1.807) is 0 Å². The minimum atomic E-state index is -0.183.